The quantitative estimate of drug-likeness (QED) is 0.817. The summed E-state index contributed by atoms with van der Waals surface area (Å²) in [5, 5.41) is 4.32. The number of nitrogens with zero attached hydrogens (tertiary/aromatic N) is 6. The van der Waals surface area contributed by atoms with Crippen LogP contribution < -0.4 is 15.4 Å². The van der Waals surface area contributed by atoms with Crippen molar-refractivity contribution in [3.8, 4) is 0 Å². The van der Waals surface area contributed by atoms with Crippen LogP contribution in [-0.2, 0) is 7.05 Å². The Morgan fingerprint density at radius 2 is 2.04 bits per heavy atom. The van der Waals surface area contributed by atoms with E-state index in [1.807, 2.05) is 13.0 Å². The van der Waals surface area contributed by atoms with E-state index < -0.39 is 0 Å². The molecular formula is C15H17ClN6O. The Labute approximate surface area is 138 Å². The van der Waals surface area contributed by atoms with Gasteiger partial charge in [-0.3, -0.25) is 4.79 Å². The molecule has 23 heavy (non-hydrogen) atoms. The second-order valence-electron chi connectivity index (χ2n) is 6.13. The van der Waals surface area contributed by atoms with Crippen LogP contribution in [0.25, 0.3) is 0 Å². The third-order valence-corrected chi connectivity index (χ3v) is 4.96. The summed E-state index contributed by atoms with van der Waals surface area (Å²) in [6.45, 7) is 3.56. The Hall–Kier alpha value is -2.15. The van der Waals surface area contributed by atoms with Crippen molar-refractivity contribution in [3.05, 3.63) is 39.5 Å². The van der Waals surface area contributed by atoms with Crippen molar-refractivity contribution in [2.24, 2.45) is 7.05 Å². The third-order valence-electron chi connectivity index (χ3n) is 4.61. The number of fused-ring (bicyclic) bond motifs is 2. The van der Waals surface area contributed by atoms with Crippen LogP contribution in [-0.4, -0.2) is 44.9 Å². The van der Waals surface area contributed by atoms with Gasteiger partial charge < -0.3 is 9.80 Å². The van der Waals surface area contributed by atoms with Gasteiger partial charge in [0, 0.05) is 32.0 Å². The lowest BCUT2D eigenvalue weighted by Crippen LogP contribution is -2.69. The lowest BCUT2D eigenvalue weighted by atomic mass is 9.87. The van der Waals surface area contributed by atoms with Gasteiger partial charge in [0.2, 0.25) is 5.95 Å². The minimum absolute atomic E-state index is 0.238. The summed E-state index contributed by atoms with van der Waals surface area (Å²) < 4.78 is 1.25. The van der Waals surface area contributed by atoms with E-state index in [1.165, 1.54) is 4.68 Å². The van der Waals surface area contributed by atoms with Crippen LogP contribution >= 0.6 is 11.6 Å². The molecule has 0 radical (unpaired) electrons. The zero-order valence-corrected chi connectivity index (χ0v) is 13.7. The van der Waals surface area contributed by atoms with Gasteiger partial charge in [-0.05, 0) is 19.4 Å². The Morgan fingerprint density at radius 3 is 2.74 bits per heavy atom. The lowest BCUT2D eigenvalue weighted by molar-refractivity contribution is 0.285. The topological polar surface area (TPSA) is 67.2 Å². The zero-order valence-electron chi connectivity index (χ0n) is 13.0. The van der Waals surface area contributed by atoms with Crippen molar-refractivity contribution in [1.29, 1.82) is 0 Å². The van der Waals surface area contributed by atoms with Gasteiger partial charge in [0.15, 0.2) is 0 Å². The highest BCUT2D eigenvalue weighted by Gasteiger charge is 2.46. The zero-order chi connectivity index (χ0) is 16.1. The summed E-state index contributed by atoms with van der Waals surface area (Å²) in [6.07, 6.45) is 4.58. The molecule has 3 aliphatic heterocycles. The number of hydrogen-bond acceptors (Lipinski definition) is 6. The molecular weight excluding hydrogens is 316 g/mol. The molecule has 2 aromatic rings. The molecule has 0 amide bonds. The fourth-order valence-corrected chi connectivity index (χ4v) is 3.71. The first-order valence-electron chi connectivity index (χ1n) is 7.59. The molecule has 0 spiro atoms. The molecule has 0 aliphatic carbocycles. The predicted molar refractivity (Wildman–Crippen MR) is 88.1 cm³/mol. The second-order valence-corrected chi connectivity index (χ2v) is 6.50. The maximum atomic E-state index is 12.0. The molecule has 0 N–H and O–H groups in total. The molecule has 7 nitrogen and oxygen atoms in total. The van der Waals surface area contributed by atoms with Gasteiger partial charge in [-0.15, -0.1) is 0 Å². The fraction of sp³-hybridized carbons (Fsp3) is 0.467. The average molecular weight is 333 g/mol. The first-order valence-corrected chi connectivity index (χ1v) is 7.97. The van der Waals surface area contributed by atoms with Gasteiger partial charge in [0.05, 0.1) is 24.0 Å². The van der Waals surface area contributed by atoms with Gasteiger partial charge in [-0.1, -0.05) is 11.6 Å². The maximum Gasteiger partial charge on any atom is 0.287 e. The van der Waals surface area contributed by atoms with E-state index in [1.54, 1.807) is 19.4 Å². The number of rotatable bonds is 2. The van der Waals surface area contributed by atoms with E-state index >= 15 is 0 Å². The fourth-order valence-electron chi connectivity index (χ4n) is 3.42. The van der Waals surface area contributed by atoms with E-state index in [2.05, 4.69) is 24.9 Å². The molecule has 8 heteroatoms. The molecule has 120 valence electrons. The number of aryl methyl sites for hydroxylation is 2. The van der Waals surface area contributed by atoms with Crippen LogP contribution in [0.4, 0.5) is 11.6 Å². The number of anilines is 2. The minimum Gasteiger partial charge on any atom is -0.365 e. The molecule has 3 fully saturated rings. The second kappa shape index (κ2) is 5.19. The van der Waals surface area contributed by atoms with Crippen LogP contribution in [0.2, 0.25) is 5.02 Å². The highest BCUT2D eigenvalue weighted by atomic mass is 35.5. The lowest BCUT2D eigenvalue weighted by Gasteiger charge is -2.56. The first-order chi connectivity index (χ1) is 11.0. The standard InChI is InChI=1S/C15H17ClN6O/c1-9-3-4-17-15(19-9)22-10-5-11(22)8-21(7-10)12-6-18-20(2)14(23)13(12)16/h3-4,6,10-11H,5,7-8H2,1-2H3. The SMILES string of the molecule is Cc1ccnc(N2C3CC2CN(c2cnn(C)c(=O)c2Cl)C3)n1. The molecule has 5 heterocycles. The smallest absolute Gasteiger partial charge is 0.287 e. The minimum atomic E-state index is -0.262. The summed E-state index contributed by atoms with van der Waals surface area (Å²) >= 11 is 6.22. The summed E-state index contributed by atoms with van der Waals surface area (Å²) in [5.74, 6) is 0.791. The van der Waals surface area contributed by atoms with Gasteiger partial charge in [-0.25, -0.2) is 14.6 Å². The van der Waals surface area contributed by atoms with Gasteiger partial charge in [0.25, 0.3) is 5.56 Å². The average Bonchev–Trinajstić information content (AvgIpc) is 2.53. The van der Waals surface area contributed by atoms with E-state index in [9.17, 15) is 4.79 Å². The molecule has 2 unspecified atom stereocenters. The molecule has 2 aromatic heterocycles. The molecule has 3 saturated heterocycles. The number of piperidine rings is 1. The highest BCUT2D eigenvalue weighted by molar-refractivity contribution is 6.33. The van der Waals surface area contributed by atoms with E-state index in [4.69, 9.17) is 11.6 Å². The Balaban J connectivity index is 1.58. The van der Waals surface area contributed by atoms with E-state index in [0.717, 1.165) is 31.2 Å². The molecule has 0 saturated carbocycles. The maximum absolute atomic E-state index is 12.0. The summed E-state index contributed by atoms with van der Waals surface area (Å²) in [7, 11) is 1.60. The molecule has 0 aromatic carbocycles. The van der Waals surface area contributed by atoms with Crippen molar-refractivity contribution < 1.29 is 0 Å². The van der Waals surface area contributed by atoms with Crippen molar-refractivity contribution in [3.63, 3.8) is 0 Å². The van der Waals surface area contributed by atoms with Gasteiger partial charge in [-0.2, -0.15) is 5.10 Å². The van der Waals surface area contributed by atoms with Crippen molar-refractivity contribution in [2.45, 2.75) is 25.4 Å². The molecule has 2 bridgehead atoms. The number of aromatic nitrogens is 4. The first kappa shape index (κ1) is 14.4. The highest BCUT2D eigenvalue weighted by Crippen LogP contribution is 2.37. The largest absolute Gasteiger partial charge is 0.365 e. The number of hydrogen-bond donors (Lipinski definition) is 0. The Kier molecular flexibility index (Phi) is 3.26. The van der Waals surface area contributed by atoms with E-state index in [0.29, 0.717) is 17.8 Å². The molecule has 3 aliphatic rings. The van der Waals surface area contributed by atoms with Crippen LogP contribution in [0.1, 0.15) is 12.1 Å². The van der Waals surface area contributed by atoms with Crippen LogP contribution in [0.3, 0.4) is 0 Å². The van der Waals surface area contributed by atoms with Crippen LogP contribution in [0.5, 0.6) is 0 Å². The Morgan fingerprint density at radius 1 is 1.30 bits per heavy atom. The Bertz CT molecular complexity index is 810. The number of halogens is 1. The number of piperazine rings is 1. The monoisotopic (exact) mass is 332 g/mol. The van der Waals surface area contributed by atoms with E-state index in [-0.39, 0.29) is 10.6 Å². The summed E-state index contributed by atoms with van der Waals surface area (Å²) in [4.78, 5) is 25.3. The van der Waals surface area contributed by atoms with Crippen molar-refractivity contribution in [2.75, 3.05) is 22.9 Å². The molecule has 5 rings (SSSR count). The molecule has 2 atom stereocenters. The normalized spacial score (nSPS) is 22.9. The van der Waals surface area contributed by atoms with Crippen molar-refractivity contribution in [1.82, 2.24) is 19.7 Å². The van der Waals surface area contributed by atoms with Crippen LogP contribution in [0.15, 0.2) is 23.3 Å². The van der Waals surface area contributed by atoms with Gasteiger partial charge in [0.1, 0.15) is 5.02 Å². The summed E-state index contributed by atoms with van der Waals surface area (Å²) in [5.41, 5.74) is 1.42. The summed E-state index contributed by atoms with van der Waals surface area (Å²) in [6, 6.07) is 2.59. The van der Waals surface area contributed by atoms with Crippen molar-refractivity contribution >= 4 is 23.2 Å². The predicted octanol–water partition coefficient (Wildman–Crippen LogP) is 1.000. The third kappa shape index (κ3) is 2.26. The van der Waals surface area contributed by atoms with Gasteiger partial charge >= 0.3 is 0 Å². The van der Waals surface area contributed by atoms with Crippen LogP contribution in [0, 0.1) is 6.92 Å².